The second-order valence-corrected chi connectivity index (χ2v) is 6.34. The smallest absolute Gasteiger partial charge is 0.345 e. The Hall–Kier alpha value is -1.08. The fourth-order valence-electron chi connectivity index (χ4n) is 1.38. The largest absolute Gasteiger partial charge is 0.477 e. The van der Waals surface area contributed by atoms with Gasteiger partial charge in [-0.3, -0.25) is 4.79 Å². The van der Waals surface area contributed by atoms with Crippen LogP contribution in [0.2, 0.25) is 10.0 Å². The molecule has 0 radical (unpaired) electrons. The average molecular weight is 395 g/mol. The molecule has 2 rings (SSSR count). The van der Waals surface area contributed by atoms with Gasteiger partial charge in [-0.15, -0.1) is 11.3 Å². The predicted octanol–water partition coefficient (Wildman–Crippen LogP) is 4.77. The first-order valence-corrected chi connectivity index (χ1v) is 7.54. The third kappa shape index (κ3) is 3.15. The van der Waals surface area contributed by atoms with Crippen molar-refractivity contribution in [3.8, 4) is 0 Å². The minimum atomic E-state index is -1.07. The lowest BCUT2D eigenvalue weighted by Gasteiger charge is -2.08. The molecule has 1 aromatic heterocycles. The van der Waals surface area contributed by atoms with Gasteiger partial charge in [0.25, 0.3) is 5.91 Å². The minimum Gasteiger partial charge on any atom is -0.477 e. The fraction of sp³-hybridized carbons (Fsp3) is 0. The van der Waals surface area contributed by atoms with Crippen LogP contribution in [0.5, 0.6) is 0 Å². The van der Waals surface area contributed by atoms with Crippen molar-refractivity contribution in [1.29, 1.82) is 0 Å². The minimum absolute atomic E-state index is 0.0927. The van der Waals surface area contributed by atoms with Crippen LogP contribution in [-0.4, -0.2) is 17.0 Å². The maximum atomic E-state index is 12.0. The molecule has 1 heterocycles. The zero-order valence-electron chi connectivity index (χ0n) is 9.62. The number of carboxylic acids is 1. The Morgan fingerprint density at radius 2 is 1.75 bits per heavy atom. The number of carbonyl (C=O) groups excluding carboxylic acids is 1. The van der Waals surface area contributed by atoms with Crippen LogP contribution in [0, 0.1) is 0 Å². The molecule has 0 aliphatic carbocycles. The molecule has 2 aromatic rings. The molecule has 0 spiro atoms. The number of thiophene rings is 1. The molecule has 0 aliphatic rings. The molecule has 0 fully saturated rings. The first-order valence-electron chi connectivity index (χ1n) is 5.18. The number of aromatic carboxylic acids is 1. The van der Waals surface area contributed by atoms with Crippen molar-refractivity contribution in [2.24, 2.45) is 0 Å². The number of hydrogen-bond donors (Lipinski definition) is 2. The number of carbonyl (C=O) groups is 2. The van der Waals surface area contributed by atoms with Gasteiger partial charge in [0.1, 0.15) is 4.88 Å². The van der Waals surface area contributed by atoms with E-state index < -0.39 is 11.9 Å². The van der Waals surface area contributed by atoms with E-state index in [0.29, 0.717) is 15.2 Å². The lowest BCUT2D eigenvalue weighted by molar-refractivity contribution is 0.0702. The molecule has 104 valence electrons. The lowest BCUT2D eigenvalue weighted by Crippen LogP contribution is -2.10. The van der Waals surface area contributed by atoms with E-state index >= 15 is 0 Å². The summed E-state index contributed by atoms with van der Waals surface area (Å²) in [6, 6.07) is 6.07. The molecule has 0 saturated carbocycles. The number of amides is 1. The number of benzene rings is 1. The Kier molecular flexibility index (Phi) is 4.70. The van der Waals surface area contributed by atoms with Gasteiger partial charge >= 0.3 is 5.97 Å². The summed E-state index contributed by atoms with van der Waals surface area (Å²) in [7, 11) is 0. The normalized spacial score (nSPS) is 10.3. The molecular formula is C12H6BrCl2NO3S. The predicted molar refractivity (Wildman–Crippen MR) is 83.4 cm³/mol. The van der Waals surface area contributed by atoms with Gasteiger partial charge in [0.15, 0.2) is 0 Å². The summed E-state index contributed by atoms with van der Waals surface area (Å²) in [5.41, 5.74) is 0.357. The van der Waals surface area contributed by atoms with Crippen LogP contribution >= 0.6 is 50.5 Å². The summed E-state index contributed by atoms with van der Waals surface area (Å²) in [6.45, 7) is 0. The van der Waals surface area contributed by atoms with Crippen LogP contribution in [-0.2, 0) is 0 Å². The third-order valence-corrected chi connectivity index (χ3v) is 5.17. The van der Waals surface area contributed by atoms with Crippen molar-refractivity contribution >= 4 is 68.0 Å². The Morgan fingerprint density at radius 3 is 2.35 bits per heavy atom. The standard InChI is InChI=1S/C12H6BrCl2NO3S/c13-5-1-2-6(10(15)9(5)14)16-11(17)7-3-4-8(20-7)12(18)19/h1-4H,(H,16,17)(H,18,19). The molecule has 0 atom stereocenters. The average Bonchev–Trinajstić information content (AvgIpc) is 2.89. The zero-order valence-corrected chi connectivity index (χ0v) is 13.5. The Morgan fingerprint density at radius 1 is 1.10 bits per heavy atom. The number of nitrogens with one attached hydrogen (secondary N) is 1. The van der Waals surface area contributed by atoms with E-state index in [2.05, 4.69) is 21.2 Å². The first-order chi connectivity index (χ1) is 9.40. The highest BCUT2D eigenvalue weighted by atomic mass is 79.9. The highest BCUT2D eigenvalue weighted by Gasteiger charge is 2.15. The Balaban J connectivity index is 2.23. The summed E-state index contributed by atoms with van der Waals surface area (Å²) in [5.74, 6) is -1.51. The van der Waals surface area contributed by atoms with E-state index in [0.717, 1.165) is 11.3 Å². The topological polar surface area (TPSA) is 66.4 Å². The summed E-state index contributed by atoms with van der Waals surface area (Å²) in [5, 5.41) is 11.9. The molecule has 20 heavy (non-hydrogen) atoms. The summed E-state index contributed by atoms with van der Waals surface area (Å²) in [6.07, 6.45) is 0. The van der Waals surface area contributed by atoms with Crippen molar-refractivity contribution in [3.05, 3.63) is 48.5 Å². The molecule has 4 nitrogen and oxygen atoms in total. The van der Waals surface area contributed by atoms with E-state index in [-0.39, 0.29) is 14.8 Å². The van der Waals surface area contributed by atoms with Gasteiger partial charge in [-0.25, -0.2) is 4.79 Å². The zero-order chi connectivity index (χ0) is 14.9. The molecule has 1 amide bonds. The number of anilines is 1. The van der Waals surface area contributed by atoms with Crippen LogP contribution in [0.15, 0.2) is 28.7 Å². The van der Waals surface area contributed by atoms with Crippen LogP contribution in [0.1, 0.15) is 19.3 Å². The number of rotatable bonds is 3. The van der Waals surface area contributed by atoms with Crippen molar-refractivity contribution < 1.29 is 14.7 Å². The van der Waals surface area contributed by atoms with E-state index in [4.69, 9.17) is 28.3 Å². The molecule has 1 aromatic carbocycles. The second-order valence-electron chi connectivity index (χ2n) is 3.65. The second kappa shape index (κ2) is 6.13. The Bertz CT molecular complexity index is 702. The molecular weight excluding hydrogens is 389 g/mol. The van der Waals surface area contributed by atoms with Crippen molar-refractivity contribution in [3.63, 3.8) is 0 Å². The van der Waals surface area contributed by atoms with Gasteiger partial charge in [-0.05, 0) is 40.2 Å². The van der Waals surface area contributed by atoms with Gasteiger partial charge < -0.3 is 10.4 Å². The molecule has 8 heteroatoms. The molecule has 0 unspecified atom stereocenters. The fourth-order valence-corrected chi connectivity index (χ4v) is 2.94. The maximum Gasteiger partial charge on any atom is 0.345 e. The van der Waals surface area contributed by atoms with Gasteiger partial charge in [0.05, 0.1) is 20.6 Å². The van der Waals surface area contributed by atoms with Crippen molar-refractivity contribution in [1.82, 2.24) is 0 Å². The van der Waals surface area contributed by atoms with Gasteiger partial charge in [-0.2, -0.15) is 0 Å². The van der Waals surface area contributed by atoms with Gasteiger partial charge in [0, 0.05) is 4.47 Å². The molecule has 0 aliphatic heterocycles. The van der Waals surface area contributed by atoms with Crippen molar-refractivity contribution in [2.75, 3.05) is 5.32 Å². The Labute approximate surface area is 136 Å². The molecule has 2 N–H and O–H groups in total. The molecule has 0 saturated heterocycles. The highest BCUT2D eigenvalue weighted by molar-refractivity contribution is 9.10. The van der Waals surface area contributed by atoms with Crippen LogP contribution in [0.25, 0.3) is 0 Å². The van der Waals surface area contributed by atoms with Gasteiger partial charge in [0.2, 0.25) is 0 Å². The first kappa shape index (κ1) is 15.3. The van der Waals surface area contributed by atoms with Crippen LogP contribution in [0.3, 0.4) is 0 Å². The lowest BCUT2D eigenvalue weighted by atomic mass is 10.3. The number of carboxylic acid groups (broad SMARTS) is 1. The third-order valence-electron chi connectivity index (χ3n) is 2.32. The monoisotopic (exact) mass is 393 g/mol. The van der Waals surface area contributed by atoms with Crippen molar-refractivity contribution in [2.45, 2.75) is 0 Å². The van der Waals surface area contributed by atoms with E-state index in [1.54, 1.807) is 12.1 Å². The highest BCUT2D eigenvalue weighted by Crippen LogP contribution is 2.36. The van der Waals surface area contributed by atoms with E-state index in [9.17, 15) is 9.59 Å². The number of hydrogen-bond acceptors (Lipinski definition) is 3. The molecule has 0 bridgehead atoms. The summed E-state index contributed by atoms with van der Waals surface area (Å²) >= 11 is 16.1. The quantitative estimate of drug-likeness (QED) is 0.737. The van der Waals surface area contributed by atoms with Crippen LogP contribution < -0.4 is 5.32 Å². The summed E-state index contributed by atoms with van der Waals surface area (Å²) in [4.78, 5) is 23.1. The number of halogens is 3. The van der Waals surface area contributed by atoms with Gasteiger partial charge in [-0.1, -0.05) is 23.2 Å². The summed E-state index contributed by atoms with van der Waals surface area (Å²) < 4.78 is 0.617. The van der Waals surface area contributed by atoms with E-state index in [1.807, 2.05) is 0 Å². The maximum absolute atomic E-state index is 12.0. The van der Waals surface area contributed by atoms with Crippen LogP contribution in [0.4, 0.5) is 5.69 Å². The SMILES string of the molecule is O=C(O)c1ccc(C(=O)Nc2ccc(Br)c(Cl)c2Cl)s1. The van der Waals surface area contributed by atoms with E-state index in [1.165, 1.54) is 12.1 Å².